The van der Waals surface area contributed by atoms with Gasteiger partial charge in [0.1, 0.15) is 0 Å². The molecular formula is C11H10ClNS. The summed E-state index contributed by atoms with van der Waals surface area (Å²) in [6.07, 6.45) is 0. The number of hydrogen-bond donors (Lipinski definition) is 1. The molecule has 2 aromatic rings. The molecule has 2 N–H and O–H groups in total. The van der Waals surface area contributed by atoms with Gasteiger partial charge in [-0.25, -0.2) is 0 Å². The molecule has 0 saturated carbocycles. The highest BCUT2D eigenvalue weighted by Gasteiger charge is 2.06. The average Bonchev–Trinajstić information content (AvgIpc) is 2.64. The van der Waals surface area contributed by atoms with E-state index in [-0.39, 0.29) is 0 Å². The van der Waals surface area contributed by atoms with Crippen LogP contribution in [0.5, 0.6) is 0 Å². The zero-order valence-electron chi connectivity index (χ0n) is 7.75. The van der Waals surface area contributed by atoms with Gasteiger partial charge in [0.2, 0.25) is 0 Å². The van der Waals surface area contributed by atoms with Crippen molar-refractivity contribution in [3.63, 3.8) is 0 Å². The van der Waals surface area contributed by atoms with E-state index in [2.05, 4.69) is 11.4 Å². The van der Waals surface area contributed by atoms with E-state index in [1.807, 2.05) is 25.1 Å². The predicted octanol–water partition coefficient (Wildman–Crippen LogP) is 3.96. The molecule has 0 spiro atoms. The fraction of sp³-hybridized carbons (Fsp3) is 0.0909. The quantitative estimate of drug-likeness (QED) is 0.728. The molecule has 0 unspecified atom stereocenters. The Labute approximate surface area is 92.1 Å². The number of aryl methyl sites for hydroxylation is 1. The summed E-state index contributed by atoms with van der Waals surface area (Å²) >= 11 is 7.69. The number of rotatable bonds is 1. The molecule has 0 aliphatic heterocycles. The van der Waals surface area contributed by atoms with E-state index in [0.717, 1.165) is 5.56 Å². The highest BCUT2D eigenvalue weighted by atomic mass is 35.5. The van der Waals surface area contributed by atoms with Gasteiger partial charge in [0, 0.05) is 4.88 Å². The molecule has 0 radical (unpaired) electrons. The Kier molecular flexibility index (Phi) is 2.48. The lowest BCUT2D eigenvalue weighted by atomic mass is 10.1. The summed E-state index contributed by atoms with van der Waals surface area (Å²) in [6.45, 7) is 2.04. The van der Waals surface area contributed by atoms with Crippen LogP contribution in [0.25, 0.3) is 10.4 Å². The number of benzene rings is 1. The van der Waals surface area contributed by atoms with Crippen LogP contribution in [0.15, 0.2) is 29.6 Å². The monoisotopic (exact) mass is 223 g/mol. The van der Waals surface area contributed by atoms with Crippen molar-refractivity contribution >= 4 is 28.6 Å². The molecule has 0 bridgehead atoms. The molecule has 1 heterocycles. The van der Waals surface area contributed by atoms with E-state index in [9.17, 15) is 0 Å². The van der Waals surface area contributed by atoms with Crippen molar-refractivity contribution in [1.82, 2.24) is 0 Å². The van der Waals surface area contributed by atoms with Crippen molar-refractivity contribution in [3.8, 4) is 10.4 Å². The second-order valence-electron chi connectivity index (χ2n) is 3.17. The predicted molar refractivity (Wildman–Crippen MR) is 63.9 cm³/mol. The van der Waals surface area contributed by atoms with Gasteiger partial charge < -0.3 is 5.73 Å². The van der Waals surface area contributed by atoms with Crippen LogP contribution in [-0.4, -0.2) is 0 Å². The maximum Gasteiger partial charge on any atom is 0.0642 e. The van der Waals surface area contributed by atoms with Crippen LogP contribution in [0, 0.1) is 6.92 Å². The van der Waals surface area contributed by atoms with Gasteiger partial charge in [0.05, 0.1) is 10.7 Å². The molecule has 14 heavy (non-hydrogen) atoms. The number of nitrogen functional groups attached to an aromatic ring is 1. The van der Waals surface area contributed by atoms with Crippen LogP contribution >= 0.6 is 22.9 Å². The summed E-state index contributed by atoms with van der Waals surface area (Å²) in [6, 6.07) is 7.96. The third-order valence-corrected chi connectivity index (χ3v) is 3.36. The largest absolute Gasteiger partial charge is 0.398 e. The van der Waals surface area contributed by atoms with E-state index in [1.54, 1.807) is 11.3 Å². The molecular weight excluding hydrogens is 214 g/mol. The summed E-state index contributed by atoms with van der Waals surface area (Å²) in [5.41, 5.74) is 8.68. The molecule has 0 atom stereocenters. The van der Waals surface area contributed by atoms with Crippen LogP contribution in [0.3, 0.4) is 0 Å². The zero-order chi connectivity index (χ0) is 10.1. The van der Waals surface area contributed by atoms with Crippen LogP contribution in [0.4, 0.5) is 5.69 Å². The highest BCUT2D eigenvalue weighted by molar-refractivity contribution is 7.13. The molecule has 0 amide bonds. The van der Waals surface area contributed by atoms with E-state index in [0.29, 0.717) is 10.7 Å². The van der Waals surface area contributed by atoms with Crippen molar-refractivity contribution in [2.45, 2.75) is 6.92 Å². The highest BCUT2D eigenvalue weighted by Crippen LogP contribution is 2.32. The van der Waals surface area contributed by atoms with E-state index < -0.39 is 0 Å². The Balaban J connectivity index is 2.60. The number of anilines is 1. The van der Waals surface area contributed by atoms with Crippen molar-refractivity contribution in [2.75, 3.05) is 5.73 Å². The lowest BCUT2D eigenvalue weighted by molar-refractivity contribution is 1.48. The number of nitrogens with two attached hydrogens (primary N) is 1. The number of thiophene rings is 1. The summed E-state index contributed by atoms with van der Waals surface area (Å²) in [7, 11) is 0. The minimum Gasteiger partial charge on any atom is -0.398 e. The summed E-state index contributed by atoms with van der Waals surface area (Å²) in [5, 5.41) is 2.68. The van der Waals surface area contributed by atoms with Gasteiger partial charge in [-0.1, -0.05) is 17.7 Å². The molecule has 72 valence electrons. The first-order valence-corrected chi connectivity index (χ1v) is 5.54. The lowest BCUT2D eigenvalue weighted by Gasteiger charge is -2.06. The van der Waals surface area contributed by atoms with E-state index >= 15 is 0 Å². The van der Waals surface area contributed by atoms with Gasteiger partial charge in [-0.15, -0.1) is 11.3 Å². The molecule has 1 aromatic carbocycles. The van der Waals surface area contributed by atoms with E-state index in [1.165, 1.54) is 10.4 Å². The smallest absolute Gasteiger partial charge is 0.0642 e. The summed E-state index contributed by atoms with van der Waals surface area (Å²) < 4.78 is 0. The first kappa shape index (κ1) is 9.56. The van der Waals surface area contributed by atoms with Gasteiger partial charge in [-0.2, -0.15) is 0 Å². The maximum absolute atomic E-state index is 5.98. The lowest BCUT2D eigenvalue weighted by Crippen LogP contribution is -1.89. The van der Waals surface area contributed by atoms with Gasteiger partial charge in [0.25, 0.3) is 0 Å². The van der Waals surface area contributed by atoms with Crippen LogP contribution in [0.2, 0.25) is 5.02 Å². The second-order valence-corrected chi connectivity index (χ2v) is 4.52. The summed E-state index contributed by atoms with van der Waals surface area (Å²) in [5.74, 6) is 0. The topological polar surface area (TPSA) is 26.0 Å². The van der Waals surface area contributed by atoms with Gasteiger partial charge in [-0.3, -0.25) is 0 Å². The van der Waals surface area contributed by atoms with Gasteiger partial charge in [0.15, 0.2) is 0 Å². The van der Waals surface area contributed by atoms with Crippen molar-refractivity contribution < 1.29 is 0 Å². The first-order chi connectivity index (χ1) is 6.68. The Morgan fingerprint density at radius 3 is 2.79 bits per heavy atom. The number of hydrogen-bond acceptors (Lipinski definition) is 2. The molecule has 1 nitrogen and oxygen atoms in total. The van der Waals surface area contributed by atoms with Crippen LogP contribution in [-0.2, 0) is 0 Å². The van der Waals surface area contributed by atoms with E-state index in [4.69, 9.17) is 17.3 Å². The van der Waals surface area contributed by atoms with Gasteiger partial charge in [-0.05, 0) is 41.6 Å². The zero-order valence-corrected chi connectivity index (χ0v) is 9.32. The molecule has 0 aliphatic carbocycles. The molecule has 0 fully saturated rings. The van der Waals surface area contributed by atoms with Gasteiger partial charge >= 0.3 is 0 Å². The Morgan fingerprint density at radius 1 is 1.36 bits per heavy atom. The molecule has 0 saturated heterocycles. The van der Waals surface area contributed by atoms with Crippen LogP contribution < -0.4 is 5.73 Å². The Hall–Kier alpha value is -0.990. The average molecular weight is 224 g/mol. The molecule has 1 aromatic heterocycles. The Bertz CT molecular complexity index is 449. The van der Waals surface area contributed by atoms with Crippen molar-refractivity contribution in [3.05, 3.63) is 40.2 Å². The minimum atomic E-state index is 0.624. The van der Waals surface area contributed by atoms with Crippen molar-refractivity contribution in [2.24, 2.45) is 0 Å². The summed E-state index contributed by atoms with van der Waals surface area (Å²) in [4.78, 5) is 1.23. The maximum atomic E-state index is 5.98. The third kappa shape index (κ3) is 1.63. The molecule has 2 rings (SSSR count). The minimum absolute atomic E-state index is 0.624. The second kappa shape index (κ2) is 3.64. The fourth-order valence-corrected chi connectivity index (χ4v) is 2.37. The van der Waals surface area contributed by atoms with Crippen LogP contribution in [0.1, 0.15) is 5.56 Å². The normalized spacial score (nSPS) is 10.4. The SMILES string of the molecule is Cc1cc(N)c(Cl)cc1-c1cccs1. The Morgan fingerprint density at radius 2 is 2.14 bits per heavy atom. The molecule has 3 heteroatoms. The first-order valence-electron chi connectivity index (χ1n) is 4.28. The standard InChI is InChI=1S/C11H10ClNS/c1-7-5-10(13)9(12)6-8(7)11-3-2-4-14-11/h2-6H,13H2,1H3. The number of halogens is 1. The molecule has 0 aliphatic rings. The fourth-order valence-electron chi connectivity index (χ4n) is 1.40. The third-order valence-electron chi connectivity index (χ3n) is 2.13. The van der Waals surface area contributed by atoms with Crippen molar-refractivity contribution in [1.29, 1.82) is 0 Å².